The predicted molar refractivity (Wildman–Crippen MR) is 57.5 cm³/mol. The lowest BCUT2D eigenvalue weighted by atomic mass is 10.2. The molecule has 1 rings (SSSR count). The van der Waals surface area contributed by atoms with Crippen molar-refractivity contribution in [2.24, 2.45) is 5.73 Å². The zero-order valence-corrected chi connectivity index (χ0v) is 9.30. The second kappa shape index (κ2) is 4.72. The average molecular weight is 231 g/mol. The molecule has 0 fully saturated rings. The molecular formula is C10H14FNO2S. The highest BCUT2D eigenvalue weighted by molar-refractivity contribution is 7.91. The Kier molecular flexibility index (Phi) is 3.82. The highest BCUT2D eigenvalue weighted by Gasteiger charge is 2.19. The van der Waals surface area contributed by atoms with E-state index in [0.717, 1.165) is 0 Å². The first-order valence-electron chi connectivity index (χ1n) is 4.62. The number of nitrogens with two attached hydrogens (primary N) is 1. The summed E-state index contributed by atoms with van der Waals surface area (Å²) in [4.78, 5) is 0. The van der Waals surface area contributed by atoms with E-state index in [1.807, 2.05) is 0 Å². The fourth-order valence-electron chi connectivity index (χ4n) is 1.10. The molecule has 1 aromatic carbocycles. The minimum Gasteiger partial charge on any atom is -0.329 e. The minimum atomic E-state index is -3.22. The van der Waals surface area contributed by atoms with E-state index in [1.165, 1.54) is 24.3 Å². The van der Waals surface area contributed by atoms with Gasteiger partial charge in [-0.2, -0.15) is 0 Å². The van der Waals surface area contributed by atoms with E-state index in [0.29, 0.717) is 5.56 Å². The average Bonchev–Trinajstić information content (AvgIpc) is 2.20. The number of sulfone groups is 1. The van der Waals surface area contributed by atoms with Gasteiger partial charge in [-0.1, -0.05) is 12.1 Å². The van der Waals surface area contributed by atoms with E-state index in [4.69, 9.17) is 5.73 Å². The van der Waals surface area contributed by atoms with Gasteiger partial charge >= 0.3 is 0 Å². The Labute approximate surface area is 89.0 Å². The van der Waals surface area contributed by atoms with Crippen LogP contribution in [0.15, 0.2) is 24.3 Å². The van der Waals surface area contributed by atoms with Crippen molar-refractivity contribution >= 4 is 9.84 Å². The van der Waals surface area contributed by atoms with Crippen molar-refractivity contribution in [3.63, 3.8) is 0 Å². The van der Waals surface area contributed by atoms with Gasteiger partial charge in [0.1, 0.15) is 5.82 Å². The molecule has 1 aromatic rings. The van der Waals surface area contributed by atoms with Crippen LogP contribution < -0.4 is 5.73 Å². The zero-order valence-electron chi connectivity index (χ0n) is 8.48. The Morgan fingerprint density at radius 3 is 2.33 bits per heavy atom. The normalized spacial score (nSPS) is 13.8. The number of hydrogen-bond donors (Lipinski definition) is 1. The van der Waals surface area contributed by atoms with Crippen LogP contribution >= 0.6 is 0 Å². The Balaban J connectivity index is 2.82. The number of hydrogen-bond acceptors (Lipinski definition) is 3. The first kappa shape index (κ1) is 12.1. The van der Waals surface area contributed by atoms with Crippen LogP contribution in [0.2, 0.25) is 0 Å². The van der Waals surface area contributed by atoms with Crippen LogP contribution in [0.3, 0.4) is 0 Å². The van der Waals surface area contributed by atoms with Gasteiger partial charge in [0.15, 0.2) is 9.84 Å². The smallest absolute Gasteiger partial charge is 0.158 e. The third-order valence-corrected chi connectivity index (χ3v) is 4.38. The molecule has 0 aliphatic heterocycles. The molecule has 0 radical (unpaired) electrons. The lowest BCUT2D eigenvalue weighted by molar-refractivity contribution is 0.583. The third-order valence-electron chi connectivity index (χ3n) is 2.23. The Morgan fingerprint density at radius 1 is 1.33 bits per heavy atom. The summed E-state index contributed by atoms with van der Waals surface area (Å²) in [6.45, 7) is 1.67. The number of benzene rings is 1. The number of rotatable bonds is 4. The molecule has 0 aromatic heterocycles. The van der Waals surface area contributed by atoms with Gasteiger partial charge in [-0.15, -0.1) is 0 Å². The van der Waals surface area contributed by atoms with Gasteiger partial charge in [-0.05, 0) is 24.6 Å². The number of halogens is 1. The predicted octanol–water partition coefficient (Wildman–Crippen LogP) is 1.09. The second-order valence-corrected chi connectivity index (χ2v) is 5.90. The molecule has 1 atom stereocenters. The molecule has 0 amide bonds. The Bertz CT molecular complexity index is 414. The van der Waals surface area contributed by atoms with Crippen molar-refractivity contribution in [3.8, 4) is 0 Å². The molecular weight excluding hydrogens is 217 g/mol. The van der Waals surface area contributed by atoms with Crippen molar-refractivity contribution in [1.29, 1.82) is 0 Å². The monoisotopic (exact) mass is 231 g/mol. The molecule has 0 aliphatic carbocycles. The minimum absolute atomic E-state index is 0.0916. The summed E-state index contributed by atoms with van der Waals surface area (Å²) in [7, 11) is -3.22. The summed E-state index contributed by atoms with van der Waals surface area (Å²) < 4.78 is 35.9. The van der Waals surface area contributed by atoms with E-state index in [1.54, 1.807) is 6.92 Å². The van der Waals surface area contributed by atoms with E-state index >= 15 is 0 Å². The molecule has 0 spiro atoms. The van der Waals surface area contributed by atoms with E-state index < -0.39 is 15.1 Å². The Morgan fingerprint density at radius 2 is 1.87 bits per heavy atom. The van der Waals surface area contributed by atoms with Crippen molar-refractivity contribution in [2.75, 3.05) is 6.54 Å². The summed E-state index contributed by atoms with van der Waals surface area (Å²) in [5.41, 5.74) is 5.88. The molecule has 0 saturated carbocycles. The molecule has 0 heterocycles. The quantitative estimate of drug-likeness (QED) is 0.843. The van der Waals surface area contributed by atoms with Crippen LogP contribution in [0.4, 0.5) is 4.39 Å². The fraction of sp³-hybridized carbons (Fsp3) is 0.400. The first-order chi connectivity index (χ1) is 6.95. The summed E-state index contributed by atoms with van der Waals surface area (Å²) in [5.74, 6) is -0.464. The van der Waals surface area contributed by atoms with Crippen molar-refractivity contribution in [1.82, 2.24) is 0 Å². The zero-order chi connectivity index (χ0) is 11.5. The Hall–Kier alpha value is -0.940. The standard InChI is InChI=1S/C10H14FNO2S/c1-8(6-12)15(13,14)7-9-2-4-10(11)5-3-9/h2-5,8H,6-7,12H2,1H3. The van der Waals surface area contributed by atoms with Crippen LogP contribution in [0, 0.1) is 5.82 Å². The van der Waals surface area contributed by atoms with E-state index in [-0.39, 0.29) is 18.1 Å². The molecule has 0 saturated heterocycles. The van der Waals surface area contributed by atoms with E-state index in [2.05, 4.69) is 0 Å². The molecule has 15 heavy (non-hydrogen) atoms. The summed E-state index contributed by atoms with van der Waals surface area (Å²) in [5, 5.41) is -0.567. The van der Waals surface area contributed by atoms with Crippen molar-refractivity contribution in [2.45, 2.75) is 17.9 Å². The highest BCUT2D eigenvalue weighted by Crippen LogP contribution is 2.11. The van der Waals surface area contributed by atoms with Crippen LogP contribution in [0.25, 0.3) is 0 Å². The molecule has 2 N–H and O–H groups in total. The van der Waals surface area contributed by atoms with Crippen LogP contribution in [-0.4, -0.2) is 20.2 Å². The molecule has 3 nitrogen and oxygen atoms in total. The lowest BCUT2D eigenvalue weighted by Gasteiger charge is -2.10. The van der Waals surface area contributed by atoms with Crippen LogP contribution in [0.5, 0.6) is 0 Å². The maximum Gasteiger partial charge on any atom is 0.158 e. The van der Waals surface area contributed by atoms with Crippen LogP contribution in [-0.2, 0) is 15.6 Å². The fourth-order valence-corrected chi connectivity index (χ4v) is 2.34. The van der Waals surface area contributed by atoms with Gasteiger partial charge in [-0.25, -0.2) is 12.8 Å². The van der Waals surface area contributed by atoms with Gasteiger partial charge in [0.2, 0.25) is 0 Å². The van der Waals surface area contributed by atoms with Gasteiger partial charge in [0, 0.05) is 6.54 Å². The maximum absolute atomic E-state index is 12.6. The molecule has 1 unspecified atom stereocenters. The second-order valence-electron chi connectivity index (χ2n) is 3.48. The SMILES string of the molecule is CC(CN)S(=O)(=O)Cc1ccc(F)cc1. The molecule has 84 valence electrons. The highest BCUT2D eigenvalue weighted by atomic mass is 32.2. The van der Waals surface area contributed by atoms with Crippen molar-refractivity contribution in [3.05, 3.63) is 35.6 Å². The maximum atomic E-state index is 12.6. The topological polar surface area (TPSA) is 60.2 Å². The molecule has 5 heteroatoms. The lowest BCUT2D eigenvalue weighted by Crippen LogP contribution is -2.27. The summed E-state index contributed by atoms with van der Waals surface area (Å²) >= 11 is 0. The summed E-state index contributed by atoms with van der Waals surface area (Å²) in [6.07, 6.45) is 0. The van der Waals surface area contributed by atoms with Crippen LogP contribution in [0.1, 0.15) is 12.5 Å². The first-order valence-corrected chi connectivity index (χ1v) is 6.33. The largest absolute Gasteiger partial charge is 0.329 e. The molecule has 0 aliphatic rings. The van der Waals surface area contributed by atoms with Gasteiger partial charge < -0.3 is 5.73 Å². The van der Waals surface area contributed by atoms with Gasteiger partial charge in [0.25, 0.3) is 0 Å². The third kappa shape index (κ3) is 3.28. The van der Waals surface area contributed by atoms with Gasteiger partial charge in [-0.3, -0.25) is 0 Å². The van der Waals surface area contributed by atoms with E-state index in [9.17, 15) is 12.8 Å². The summed E-state index contributed by atoms with van der Waals surface area (Å²) in [6, 6.07) is 5.43. The van der Waals surface area contributed by atoms with Gasteiger partial charge in [0.05, 0.1) is 11.0 Å². The van der Waals surface area contributed by atoms with Crippen molar-refractivity contribution < 1.29 is 12.8 Å². The molecule has 0 bridgehead atoms.